The molecule has 1 aromatic rings. The fourth-order valence-electron chi connectivity index (χ4n) is 1.79. The highest BCUT2D eigenvalue weighted by Crippen LogP contribution is 2.11. The van der Waals surface area contributed by atoms with Gasteiger partial charge in [-0.1, -0.05) is 6.92 Å². The van der Waals surface area contributed by atoms with Crippen LogP contribution in [-0.4, -0.2) is 40.1 Å². The second-order valence-electron chi connectivity index (χ2n) is 3.93. The third kappa shape index (κ3) is 2.54. The molecule has 2 rings (SSSR count). The van der Waals surface area contributed by atoms with E-state index in [4.69, 9.17) is 5.73 Å². The molecule has 0 saturated carbocycles. The van der Waals surface area contributed by atoms with Crippen molar-refractivity contribution in [2.45, 2.75) is 25.8 Å². The zero-order valence-electron chi connectivity index (χ0n) is 9.27. The van der Waals surface area contributed by atoms with E-state index in [-0.39, 0.29) is 24.4 Å². The summed E-state index contributed by atoms with van der Waals surface area (Å²) in [4.78, 5) is 13.7. The van der Waals surface area contributed by atoms with E-state index in [1.54, 1.807) is 4.90 Å². The van der Waals surface area contributed by atoms with Gasteiger partial charge in [-0.25, -0.2) is 0 Å². The maximum Gasteiger partial charge on any atom is 0.274 e. The van der Waals surface area contributed by atoms with E-state index in [1.165, 1.54) is 0 Å². The lowest BCUT2D eigenvalue weighted by Crippen LogP contribution is -2.32. The molecule has 0 radical (unpaired) electrons. The van der Waals surface area contributed by atoms with Gasteiger partial charge >= 0.3 is 0 Å². The summed E-state index contributed by atoms with van der Waals surface area (Å²) >= 11 is 0. The SMILES string of the molecule is CCc1cc(C(=O)N2CC[C@@H](N)C2)n[nH]1.Cl. The van der Waals surface area contributed by atoms with Crippen LogP contribution in [0.4, 0.5) is 0 Å². The number of H-pyrrole nitrogens is 1. The quantitative estimate of drug-likeness (QED) is 0.799. The Kier molecular flexibility index (Phi) is 4.32. The van der Waals surface area contributed by atoms with Crippen molar-refractivity contribution in [1.82, 2.24) is 15.1 Å². The Morgan fingerprint density at radius 2 is 2.50 bits per heavy atom. The van der Waals surface area contributed by atoms with Crippen LogP contribution in [0, 0.1) is 0 Å². The molecular weight excluding hydrogens is 228 g/mol. The van der Waals surface area contributed by atoms with Crippen LogP contribution in [0.2, 0.25) is 0 Å². The van der Waals surface area contributed by atoms with Gasteiger partial charge in [0.2, 0.25) is 0 Å². The van der Waals surface area contributed by atoms with Crippen LogP contribution in [0.5, 0.6) is 0 Å². The molecule has 3 N–H and O–H groups in total. The first-order valence-corrected chi connectivity index (χ1v) is 5.30. The third-order valence-electron chi connectivity index (χ3n) is 2.74. The minimum atomic E-state index is -0.0149. The number of nitrogens with two attached hydrogens (primary N) is 1. The summed E-state index contributed by atoms with van der Waals surface area (Å²) in [5.74, 6) is -0.0149. The molecule has 1 aromatic heterocycles. The third-order valence-corrected chi connectivity index (χ3v) is 2.74. The predicted octanol–water partition coefficient (Wildman–Crippen LogP) is 0.567. The normalized spacial score (nSPS) is 19.6. The molecule has 0 bridgehead atoms. The number of carbonyl (C=O) groups excluding carboxylic acids is 1. The van der Waals surface area contributed by atoms with Crippen molar-refractivity contribution in [3.05, 3.63) is 17.5 Å². The van der Waals surface area contributed by atoms with Crippen LogP contribution >= 0.6 is 12.4 Å². The molecule has 1 saturated heterocycles. The molecule has 6 heteroatoms. The summed E-state index contributed by atoms with van der Waals surface area (Å²) < 4.78 is 0. The number of hydrogen-bond acceptors (Lipinski definition) is 3. The standard InChI is InChI=1S/C10H16N4O.ClH/c1-2-8-5-9(13-12-8)10(15)14-4-3-7(11)6-14;/h5,7H,2-4,6,11H2,1H3,(H,12,13);1H/t7-;/m1./s1. The van der Waals surface area contributed by atoms with Crippen LogP contribution in [0.15, 0.2) is 6.07 Å². The smallest absolute Gasteiger partial charge is 0.274 e. The molecule has 0 aliphatic carbocycles. The van der Waals surface area contributed by atoms with Gasteiger partial charge < -0.3 is 10.6 Å². The minimum Gasteiger partial charge on any atom is -0.336 e. The van der Waals surface area contributed by atoms with Crippen LogP contribution in [0.1, 0.15) is 29.5 Å². The summed E-state index contributed by atoms with van der Waals surface area (Å²) in [6, 6.07) is 1.94. The number of aryl methyl sites for hydroxylation is 1. The molecule has 1 atom stereocenters. The first-order valence-electron chi connectivity index (χ1n) is 5.30. The Morgan fingerprint density at radius 3 is 3.00 bits per heavy atom. The van der Waals surface area contributed by atoms with Crippen LogP contribution in [0.3, 0.4) is 0 Å². The van der Waals surface area contributed by atoms with Gasteiger partial charge in [-0.15, -0.1) is 12.4 Å². The van der Waals surface area contributed by atoms with E-state index in [0.717, 1.165) is 25.1 Å². The van der Waals surface area contributed by atoms with E-state index in [0.29, 0.717) is 12.2 Å². The second kappa shape index (κ2) is 5.32. The fourth-order valence-corrected chi connectivity index (χ4v) is 1.79. The lowest BCUT2D eigenvalue weighted by atomic mass is 10.3. The van der Waals surface area contributed by atoms with Gasteiger partial charge in [0.15, 0.2) is 0 Å². The number of aromatic nitrogens is 2. The number of hydrogen-bond donors (Lipinski definition) is 2. The minimum absolute atomic E-state index is 0. The van der Waals surface area contributed by atoms with Crippen LogP contribution in [-0.2, 0) is 6.42 Å². The Labute approximate surface area is 101 Å². The summed E-state index contributed by atoms with van der Waals surface area (Å²) in [6.07, 6.45) is 1.75. The Bertz CT molecular complexity index is 365. The van der Waals surface area contributed by atoms with Crippen molar-refractivity contribution < 1.29 is 4.79 Å². The highest BCUT2D eigenvalue weighted by molar-refractivity contribution is 5.92. The van der Waals surface area contributed by atoms with Crippen molar-refractivity contribution in [2.24, 2.45) is 5.73 Å². The average Bonchev–Trinajstić information content (AvgIpc) is 2.84. The van der Waals surface area contributed by atoms with Crippen molar-refractivity contribution in [3.63, 3.8) is 0 Å². The molecule has 16 heavy (non-hydrogen) atoms. The highest BCUT2D eigenvalue weighted by atomic mass is 35.5. The van der Waals surface area contributed by atoms with E-state index in [9.17, 15) is 4.79 Å². The molecule has 0 spiro atoms. The molecule has 1 amide bonds. The fraction of sp³-hybridized carbons (Fsp3) is 0.600. The Morgan fingerprint density at radius 1 is 1.75 bits per heavy atom. The molecule has 2 heterocycles. The predicted molar refractivity (Wildman–Crippen MR) is 63.7 cm³/mol. The van der Waals surface area contributed by atoms with Crippen molar-refractivity contribution in [1.29, 1.82) is 0 Å². The number of nitrogens with zero attached hydrogens (tertiary/aromatic N) is 2. The number of halogens is 1. The van der Waals surface area contributed by atoms with Gasteiger partial charge in [-0.2, -0.15) is 5.10 Å². The van der Waals surface area contributed by atoms with Gasteiger partial charge in [0, 0.05) is 24.8 Å². The Hall–Kier alpha value is -1.07. The molecule has 1 aliphatic rings. The van der Waals surface area contributed by atoms with E-state index in [2.05, 4.69) is 10.2 Å². The summed E-state index contributed by atoms with van der Waals surface area (Å²) in [5, 5.41) is 6.84. The number of amides is 1. The number of carbonyl (C=O) groups is 1. The van der Waals surface area contributed by atoms with Gasteiger partial charge in [-0.3, -0.25) is 9.89 Å². The first-order chi connectivity index (χ1) is 7.20. The first kappa shape index (κ1) is 13.0. The second-order valence-corrected chi connectivity index (χ2v) is 3.93. The highest BCUT2D eigenvalue weighted by Gasteiger charge is 2.25. The number of likely N-dealkylation sites (tertiary alicyclic amines) is 1. The van der Waals surface area contributed by atoms with Gasteiger partial charge in [0.25, 0.3) is 5.91 Å². The zero-order valence-corrected chi connectivity index (χ0v) is 10.1. The van der Waals surface area contributed by atoms with Crippen molar-refractivity contribution >= 4 is 18.3 Å². The topological polar surface area (TPSA) is 75.0 Å². The van der Waals surface area contributed by atoms with Crippen molar-refractivity contribution in [2.75, 3.05) is 13.1 Å². The van der Waals surface area contributed by atoms with E-state index >= 15 is 0 Å². The number of aromatic amines is 1. The molecule has 1 fully saturated rings. The van der Waals surface area contributed by atoms with Crippen LogP contribution < -0.4 is 5.73 Å². The molecule has 90 valence electrons. The summed E-state index contributed by atoms with van der Waals surface area (Å²) in [7, 11) is 0. The lowest BCUT2D eigenvalue weighted by molar-refractivity contribution is 0.0785. The van der Waals surface area contributed by atoms with Gasteiger partial charge in [0.1, 0.15) is 5.69 Å². The molecular formula is C10H17ClN4O. The summed E-state index contributed by atoms with van der Waals surface area (Å²) in [6.45, 7) is 3.41. The van der Waals surface area contributed by atoms with Crippen molar-refractivity contribution in [3.8, 4) is 0 Å². The Balaban J connectivity index is 0.00000128. The number of rotatable bonds is 2. The largest absolute Gasteiger partial charge is 0.336 e. The monoisotopic (exact) mass is 244 g/mol. The molecule has 5 nitrogen and oxygen atoms in total. The van der Waals surface area contributed by atoms with E-state index in [1.807, 2.05) is 13.0 Å². The lowest BCUT2D eigenvalue weighted by Gasteiger charge is -2.13. The average molecular weight is 245 g/mol. The van der Waals surface area contributed by atoms with Crippen LogP contribution in [0.25, 0.3) is 0 Å². The van der Waals surface area contributed by atoms with Gasteiger partial charge in [-0.05, 0) is 18.9 Å². The van der Waals surface area contributed by atoms with E-state index < -0.39 is 0 Å². The summed E-state index contributed by atoms with van der Waals surface area (Å²) in [5.41, 5.74) is 7.24. The maximum absolute atomic E-state index is 11.9. The molecule has 0 aromatic carbocycles. The molecule has 1 aliphatic heterocycles. The number of nitrogens with one attached hydrogen (secondary N) is 1. The van der Waals surface area contributed by atoms with Gasteiger partial charge in [0.05, 0.1) is 0 Å². The maximum atomic E-state index is 11.9. The zero-order chi connectivity index (χ0) is 10.8. The molecule has 0 unspecified atom stereocenters.